The lowest BCUT2D eigenvalue weighted by molar-refractivity contribution is -0.122. The number of rotatable bonds is 6. The molecule has 0 aliphatic heterocycles. The van der Waals surface area contributed by atoms with Gasteiger partial charge in [-0.2, -0.15) is 0 Å². The van der Waals surface area contributed by atoms with Crippen LogP contribution in [0.1, 0.15) is 32.1 Å². The SMILES string of the molecule is CCC(C)C(C)(O)CNC(=O)Cc1ccc(Br)s1. The average Bonchev–Trinajstić information content (AvgIpc) is 2.71. The van der Waals surface area contributed by atoms with Crippen molar-refractivity contribution in [3.05, 3.63) is 20.8 Å². The van der Waals surface area contributed by atoms with Crippen molar-refractivity contribution in [2.75, 3.05) is 6.54 Å². The molecule has 0 aromatic carbocycles. The quantitative estimate of drug-likeness (QED) is 0.840. The maximum absolute atomic E-state index is 11.7. The third-order valence-corrected chi connectivity index (χ3v) is 4.90. The van der Waals surface area contributed by atoms with E-state index in [4.69, 9.17) is 0 Å². The fraction of sp³-hybridized carbons (Fsp3) is 0.615. The maximum atomic E-state index is 11.7. The Morgan fingerprint density at radius 1 is 1.61 bits per heavy atom. The molecule has 2 N–H and O–H groups in total. The van der Waals surface area contributed by atoms with Crippen molar-refractivity contribution in [1.29, 1.82) is 0 Å². The van der Waals surface area contributed by atoms with Gasteiger partial charge in [-0.05, 0) is 40.9 Å². The van der Waals surface area contributed by atoms with Crippen molar-refractivity contribution < 1.29 is 9.90 Å². The van der Waals surface area contributed by atoms with Crippen LogP contribution < -0.4 is 5.32 Å². The van der Waals surface area contributed by atoms with Crippen molar-refractivity contribution in [3.8, 4) is 0 Å². The summed E-state index contributed by atoms with van der Waals surface area (Å²) in [5.41, 5.74) is -0.847. The largest absolute Gasteiger partial charge is 0.388 e. The Hall–Kier alpha value is -0.390. The first-order chi connectivity index (χ1) is 8.35. The van der Waals surface area contributed by atoms with Gasteiger partial charge >= 0.3 is 0 Å². The van der Waals surface area contributed by atoms with Crippen LogP contribution in [0.3, 0.4) is 0 Å². The van der Waals surface area contributed by atoms with Crippen molar-refractivity contribution in [3.63, 3.8) is 0 Å². The van der Waals surface area contributed by atoms with Crippen LogP contribution in [0.4, 0.5) is 0 Å². The van der Waals surface area contributed by atoms with E-state index in [1.165, 1.54) is 0 Å². The van der Waals surface area contributed by atoms with Gasteiger partial charge in [-0.15, -0.1) is 11.3 Å². The van der Waals surface area contributed by atoms with E-state index in [0.717, 1.165) is 15.1 Å². The summed E-state index contributed by atoms with van der Waals surface area (Å²) in [7, 11) is 0. The molecule has 0 bridgehead atoms. The lowest BCUT2D eigenvalue weighted by atomic mass is 9.88. The van der Waals surface area contributed by atoms with Crippen LogP contribution >= 0.6 is 27.3 Å². The molecule has 1 amide bonds. The minimum atomic E-state index is -0.847. The normalized spacial score (nSPS) is 16.1. The van der Waals surface area contributed by atoms with E-state index in [1.807, 2.05) is 26.0 Å². The van der Waals surface area contributed by atoms with Crippen LogP contribution in [-0.2, 0) is 11.2 Å². The molecule has 0 aliphatic carbocycles. The standard InChI is InChI=1S/C13H20BrNO2S/c1-4-9(2)13(3,17)8-15-12(16)7-10-5-6-11(14)18-10/h5-6,9,17H,4,7-8H2,1-3H3,(H,15,16). The summed E-state index contributed by atoms with van der Waals surface area (Å²) >= 11 is 4.92. The highest BCUT2D eigenvalue weighted by molar-refractivity contribution is 9.11. The summed E-state index contributed by atoms with van der Waals surface area (Å²) in [6.07, 6.45) is 1.26. The Kier molecular flexibility index (Phi) is 5.82. The molecule has 2 unspecified atom stereocenters. The molecule has 5 heteroatoms. The molecule has 0 saturated heterocycles. The van der Waals surface area contributed by atoms with Crippen molar-refractivity contribution in [2.45, 2.75) is 39.2 Å². The molecule has 1 aromatic rings. The first-order valence-electron chi connectivity index (χ1n) is 6.08. The first-order valence-corrected chi connectivity index (χ1v) is 7.69. The molecule has 1 heterocycles. The summed E-state index contributed by atoms with van der Waals surface area (Å²) in [5.74, 6) is 0.113. The second kappa shape index (κ2) is 6.68. The van der Waals surface area contributed by atoms with Gasteiger partial charge in [0, 0.05) is 11.4 Å². The summed E-state index contributed by atoms with van der Waals surface area (Å²) in [5, 5.41) is 13.0. The molecule has 0 aliphatic rings. The lowest BCUT2D eigenvalue weighted by Gasteiger charge is -2.29. The Morgan fingerprint density at radius 2 is 2.28 bits per heavy atom. The Bertz CT molecular complexity index is 403. The zero-order valence-corrected chi connectivity index (χ0v) is 13.4. The number of hydrogen-bond donors (Lipinski definition) is 2. The van der Waals surface area contributed by atoms with Crippen LogP contribution in [-0.4, -0.2) is 23.2 Å². The van der Waals surface area contributed by atoms with Crippen molar-refractivity contribution in [1.82, 2.24) is 5.32 Å². The van der Waals surface area contributed by atoms with E-state index < -0.39 is 5.60 Å². The molecule has 0 fully saturated rings. The first kappa shape index (κ1) is 15.7. The fourth-order valence-corrected chi connectivity index (χ4v) is 3.04. The molecule has 0 saturated carbocycles. The number of carbonyl (C=O) groups excluding carboxylic acids is 1. The van der Waals surface area contributed by atoms with Crippen LogP contribution in [0.25, 0.3) is 0 Å². The number of nitrogens with one attached hydrogen (secondary N) is 1. The molecule has 0 radical (unpaired) electrons. The number of thiophene rings is 1. The zero-order chi connectivity index (χ0) is 13.8. The number of amides is 1. The minimum absolute atomic E-state index is 0.0482. The van der Waals surface area contributed by atoms with Gasteiger partial charge in [-0.1, -0.05) is 20.3 Å². The zero-order valence-electron chi connectivity index (χ0n) is 11.0. The molecule has 0 spiro atoms. The Balaban J connectivity index is 2.42. The van der Waals surface area contributed by atoms with Gasteiger partial charge < -0.3 is 10.4 Å². The highest BCUT2D eigenvalue weighted by Gasteiger charge is 2.27. The smallest absolute Gasteiger partial charge is 0.225 e. The second-order valence-electron chi connectivity index (χ2n) is 4.83. The number of carbonyl (C=O) groups is 1. The van der Waals surface area contributed by atoms with Crippen LogP contribution in [0.5, 0.6) is 0 Å². The van der Waals surface area contributed by atoms with Crippen LogP contribution in [0.15, 0.2) is 15.9 Å². The molecular formula is C13H20BrNO2S. The van der Waals surface area contributed by atoms with Crippen LogP contribution in [0.2, 0.25) is 0 Å². The van der Waals surface area contributed by atoms with Crippen molar-refractivity contribution >= 4 is 33.2 Å². The summed E-state index contributed by atoms with van der Waals surface area (Å²) in [4.78, 5) is 12.8. The van der Waals surface area contributed by atoms with E-state index in [9.17, 15) is 9.90 Å². The average molecular weight is 334 g/mol. The number of aliphatic hydroxyl groups is 1. The Labute approximate surface area is 121 Å². The highest BCUT2D eigenvalue weighted by atomic mass is 79.9. The van der Waals surface area contributed by atoms with E-state index >= 15 is 0 Å². The van der Waals surface area contributed by atoms with Gasteiger partial charge in [-0.25, -0.2) is 0 Å². The lowest BCUT2D eigenvalue weighted by Crippen LogP contribution is -2.45. The minimum Gasteiger partial charge on any atom is -0.388 e. The topological polar surface area (TPSA) is 49.3 Å². The van der Waals surface area contributed by atoms with E-state index in [-0.39, 0.29) is 11.8 Å². The van der Waals surface area contributed by atoms with E-state index in [0.29, 0.717) is 13.0 Å². The van der Waals surface area contributed by atoms with E-state index in [2.05, 4.69) is 21.2 Å². The molecule has 102 valence electrons. The second-order valence-corrected chi connectivity index (χ2v) is 7.37. The van der Waals surface area contributed by atoms with Crippen LogP contribution in [0, 0.1) is 5.92 Å². The van der Waals surface area contributed by atoms with Gasteiger partial charge in [0.1, 0.15) is 0 Å². The summed E-state index contributed by atoms with van der Waals surface area (Å²) < 4.78 is 1.02. The highest BCUT2D eigenvalue weighted by Crippen LogP contribution is 2.22. The monoisotopic (exact) mass is 333 g/mol. The predicted molar refractivity (Wildman–Crippen MR) is 78.8 cm³/mol. The molecule has 3 nitrogen and oxygen atoms in total. The number of hydrogen-bond acceptors (Lipinski definition) is 3. The molecule has 1 aromatic heterocycles. The summed E-state index contributed by atoms with van der Waals surface area (Å²) in [6.45, 7) is 6.09. The van der Waals surface area contributed by atoms with Gasteiger partial charge in [0.25, 0.3) is 0 Å². The molecule has 18 heavy (non-hydrogen) atoms. The molecule has 1 rings (SSSR count). The predicted octanol–water partition coefficient (Wildman–Crippen LogP) is 2.97. The maximum Gasteiger partial charge on any atom is 0.225 e. The Morgan fingerprint density at radius 3 is 2.78 bits per heavy atom. The molecular weight excluding hydrogens is 314 g/mol. The third-order valence-electron chi connectivity index (χ3n) is 3.28. The third kappa shape index (κ3) is 4.71. The molecule has 2 atom stereocenters. The van der Waals surface area contributed by atoms with Crippen molar-refractivity contribution in [2.24, 2.45) is 5.92 Å². The fourth-order valence-electron chi connectivity index (χ4n) is 1.56. The number of halogens is 1. The summed E-state index contributed by atoms with van der Waals surface area (Å²) in [6, 6.07) is 3.86. The van der Waals surface area contributed by atoms with Gasteiger partial charge in [0.15, 0.2) is 0 Å². The van der Waals surface area contributed by atoms with Gasteiger partial charge in [0.2, 0.25) is 5.91 Å². The van der Waals surface area contributed by atoms with Gasteiger partial charge in [0.05, 0.1) is 15.8 Å². The van der Waals surface area contributed by atoms with E-state index in [1.54, 1.807) is 18.3 Å². The van der Waals surface area contributed by atoms with Gasteiger partial charge in [-0.3, -0.25) is 4.79 Å².